The average molecular weight is 230 g/mol. The maximum Gasteiger partial charge on any atom is 0.255 e. The molecule has 1 aliphatic carbocycles. The normalized spacial score (nSPS) is 35.5. The second-order valence-corrected chi connectivity index (χ2v) is 5.79. The van der Waals surface area contributed by atoms with Crippen LogP contribution in [0.3, 0.4) is 0 Å². The first kappa shape index (κ1) is 12.2. The van der Waals surface area contributed by atoms with Crippen molar-refractivity contribution in [1.29, 1.82) is 0 Å². The van der Waals surface area contributed by atoms with E-state index in [4.69, 9.17) is 11.6 Å². The van der Waals surface area contributed by atoms with Crippen LogP contribution in [-0.2, 0) is 0 Å². The molecule has 0 bridgehead atoms. The Morgan fingerprint density at radius 1 is 1.20 bits per heavy atom. The van der Waals surface area contributed by atoms with Gasteiger partial charge < -0.3 is 0 Å². The van der Waals surface area contributed by atoms with E-state index in [9.17, 15) is 10.1 Å². The molecular formula is C11H16ClNO2. The molecule has 1 rings (SSSR count). The zero-order valence-corrected chi connectivity index (χ0v) is 10.2. The van der Waals surface area contributed by atoms with E-state index in [2.05, 4.69) is 0 Å². The molecule has 0 unspecified atom stereocenters. The highest BCUT2D eigenvalue weighted by Gasteiger charge is 2.42. The lowest BCUT2D eigenvalue weighted by Crippen LogP contribution is -2.40. The standard InChI is InChI=1S/C11H16ClNO2/c1-9(2,3)11(12)7-5-10(4,6-8-11)13(14)15/h5-8H,1-4H3. The Kier molecular flexibility index (Phi) is 2.72. The summed E-state index contributed by atoms with van der Waals surface area (Å²) in [5.74, 6) is 0. The van der Waals surface area contributed by atoms with Gasteiger partial charge in [0.15, 0.2) is 0 Å². The van der Waals surface area contributed by atoms with Crippen LogP contribution in [0, 0.1) is 15.5 Å². The SMILES string of the molecule is CC1([N+](=O)[O-])C=CC(Cl)(C(C)(C)C)C=C1. The summed E-state index contributed by atoms with van der Waals surface area (Å²) in [5.41, 5.74) is -1.29. The fraction of sp³-hybridized carbons (Fsp3) is 0.636. The summed E-state index contributed by atoms with van der Waals surface area (Å²) in [6, 6.07) is 0. The predicted molar refractivity (Wildman–Crippen MR) is 61.7 cm³/mol. The Balaban J connectivity index is 3.04. The highest BCUT2D eigenvalue weighted by molar-refractivity contribution is 6.27. The summed E-state index contributed by atoms with van der Waals surface area (Å²) in [4.78, 5) is 9.84. The van der Waals surface area contributed by atoms with Crippen molar-refractivity contribution in [2.75, 3.05) is 0 Å². The first-order valence-corrected chi connectivity index (χ1v) is 5.23. The lowest BCUT2D eigenvalue weighted by atomic mass is 9.75. The van der Waals surface area contributed by atoms with Crippen LogP contribution in [0.4, 0.5) is 0 Å². The molecule has 0 fully saturated rings. The number of hydrogen-bond donors (Lipinski definition) is 0. The van der Waals surface area contributed by atoms with Crippen molar-refractivity contribution in [3.63, 3.8) is 0 Å². The number of hydrogen-bond acceptors (Lipinski definition) is 2. The number of nitrogens with zero attached hydrogens (tertiary/aromatic N) is 1. The minimum atomic E-state index is -1.12. The third-order valence-electron chi connectivity index (χ3n) is 2.87. The molecule has 0 atom stereocenters. The fourth-order valence-electron chi connectivity index (χ4n) is 1.31. The van der Waals surface area contributed by atoms with Gasteiger partial charge >= 0.3 is 0 Å². The maximum atomic E-state index is 10.8. The summed E-state index contributed by atoms with van der Waals surface area (Å²) in [6.07, 6.45) is 6.56. The Labute approximate surface area is 95.0 Å². The smallest absolute Gasteiger partial charge is 0.255 e. The number of alkyl halides is 1. The van der Waals surface area contributed by atoms with Gasteiger partial charge in [-0.05, 0) is 17.6 Å². The van der Waals surface area contributed by atoms with Crippen molar-refractivity contribution in [2.24, 2.45) is 5.41 Å². The van der Waals surface area contributed by atoms with Gasteiger partial charge in [0.25, 0.3) is 5.54 Å². The second-order valence-electron chi connectivity index (χ2n) is 5.17. The van der Waals surface area contributed by atoms with E-state index < -0.39 is 10.4 Å². The van der Waals surface area contributed by atoms with Gasteiger partial charge in [-0.15, -0.1) is 11.6 Å². The number of nitro groups is 1. The first-order valence-electron chi connectivity index (χ1n) is 4.85. The monoisotopic (exact) mass is 229 g/mol. The van der Waals surface area contributed by atoms with E-state index in [-0.39, 0.29) is 10.3 Å². The minimum absolute atomic E-state index is 0.167. The molecule has 1 aliphatic rings. The molecule has 0 heterocycles. The zero-order chi connectivity index (χ0) is 11.9. The number of rotatable bonds is 1. The summed E-state index contributed by atoms with van der Waals surface area (Å²) in [6.45, 7) is 7.57. The topological polar surface area (TPSA) is 43.1 Å². The Bertz CT molecular complexity index is 325. The molecule has 0 aromatic rings. The van der Waals surface area contributed by atoms with Crippen molar-refractivity contribution in [3.8, 4) is 0 Å². The van der Waals surface area contributed by atoms with Crippen molar-refractivity contribution in [1.82, 2.24) is 0 Å². The van der Waals surface area contributed by atoms with Gasteiger partial charge in [-0.1, -0.05) is 32.9 Å². The Morgan fingerprint density at radius 2 is 1.60 bits per heavy atom. The summed E-state index contributed by atoms with van der Waals surface area (Å²) < 4.78 is 0. The molecular weight excluding hydrogens is 214 g/mol. The maximum absolute atomic E-state index is 10.8. The third kappa shape index (κ3) is 2.07. The lowest BCUT2D eigenvalue weighted by molar-refractivity contribution is -0.536. The van der Waals surface area contributed by atoms with Crippen molar-refractivity contribution >= 4 is 11.6 Å². The van der Waals surface area contributed by atoms with Crippen LogP contribution in [0.2, 0.25) is 0 Å². The molecule has 3 nitrogen and oxygen atoms in total. The summed E-state index contributed by atoms with van der Waals surface area (Å²) in [7, 11) is 0. The van der Waals surface area contributed by atoms with Gasteiger partial charge in [0.2, 0.25) is 0 Å². The van der Waals surface area contributed by atoms with E-state index in [0.29, 0.717) is 0 Å². The van der Waals surface area contributed by atoms with Gasteiger partial charge in [0.1, 0.15) is 0 Å². The predicted octanol–water partition coefficient (Wildman–Crippen LogP) is 3.17. The van der Waals surface area contributed by atoms with Crippen LogP contribution >= 0.6 is 11.6 Å². The van der Waals surface area contributed by atoms with Crippen LogP contribution in [-0.4, -0.2) is 15.3 Å². The highest BCUT2D eigenvalue weighted by atomic mass is 35.5. The van der Waals surface area contributed by atoms with Gasteiger partial charge in [-0.2, -0.15) is 0 Å². The fourth-order valence-corrected chi connectivity index (χ4v) is 1.44. The summed E-state index contributed by atoms with van der Waals surface area (Å²) >= 11 is 6.39. The molecule has 15 heavy (non-hydrogen) atoms. The quantitative estimate of drug-likeness (QED) is 0.300. The van der Waals surface area contributed by atoms with Crippen LogP contribution in [0.1, 0.15) is 27.7 Å². The largest absolute Gasteiger partial charge is 0.263 e. The Morgan fingerprint density at radius 3 is 1.87 bits per heavy atom. The van der Waals surface area contributed by atoms with Gasteiger partial charge in [0.05, 0.1) is 4.87 Å². The van der Waals surface area contributed by atoms with Gasteiger partial charge in [0, 0.05) is 11.8 Å². The Hall–Kier alpha value is -0.830. The van der Waals surface area contributed by atoms with E-state index in [1.807, 2.05) is 20.8 Å². The van der Waals surface area contributed by atoms with Crippen molar-refractivity contribution in [3.05, 3.63) is 34.4 Å². The van der Waals surface area contributed by atoms with Gasteiger partial charge in [-0.25, -0.2) is 0 Å². The van der Waals surface area contributed by atoms with E-state index >= 15 is 0 Å². The van der Waals surface area contributed by atoms with E-state index in [0.717, 1.165) is 0 Å². The van der Waals surface area contributed by atoms with Crippen LogP contribution in [0.5, 0.6) is 0 Å². The molecule has 0 aromatic heterocycles. The molecule has 0 radical (unpaired) electrons. The molecule has 0 saturated heterocycles. The second kappa shape index (κ2) is 3.34. The van der Waals surface area contributed by atoms with E-state index in [1.165, 1.54) is 0 Å². The molecule has 0 amide bonds. The molecule has 0 spiro atoms. The molecule has 0 aromatic carbocycles. The van der Waals surface area contributed by atoms with Crippen LogP contribution < -0.4 is 0 Å². The minimum Gasteiger partial charge on any atom is -0.263 e. The lowest BCUT2D eigenvalue weighted by Gasteiger charge is -2.37. The molecule has 0 N–H and O–H groups in total. The van der Waals surface area contributed by atoms with E-state index in [1.54, 1.807) is 31.2 Å². The van der Waals surface area contributed by atoms with Gasteiger partial charge in [-0.3, -0.25) is 10.1 Å². The van der Waals surface area contributed by atoms with Crippen molar-refractivity contribution < 1.29 is 4.92 Å². The average Bonchev–Trinajstić information content (AvgIpc) is 2.08. The highest BCUT2D eigenvalue weighted by Crippen LogP contribution is 2.42. The van der Waals surface area contributed by atoms with Crippen molar-refractivity contribution in [2.45, 2.75) is 38.1 Å². The van der Waals surface area contributed by atoms with Crippen LogP contribution in [0.25, 0.3) is 0 Å². The first-order chi connectivity index (χ1) is 6.61. The summed E-state index contributed by atoms with van der Waals surface area (Å²) in [5, 5.41) is 10.8. The zero-order valence-electron chi connectivity index (χ0n) is 9.45. The third-order valence-corrected chi connectivity index (χ3v) is 3.69. The van der Waals surface area contributed by atoms with Crippen LogP contribution in [0.15, 0.2) is 24.3 Å². The molecule has 4 heteroatoms. The number of halogens is 1. The number of allylic oxidation sites excluding steroid dienone is 2. The molecule has 0 aliphatic heterocycles. The molecule has 84 valence electrons. The molecule has 0 saturated carbocycles.